The minimum atomic E-state index is -0.0836. The van der Waals surface area contributed by atoms with Gasteiger partial charge >= 0.3 is 0 Å². The number of carbonyl (C=O) groups is 1. The third-order valence-electron chi connectivity index (χ3n) is 5.23. The molecule has 0 aromatic heterocycles. The summed E-state index contributed by atoms with van der Waals surface area (Å²) in [7, 11) is 0. The second-order valence-corrected chi connectivity index (χ2v) is 7.04. The zero-order valence-electron chi connectivity index (χ0n) is 15.6. The van der Waals surface area contributed by atoms with Crippen LogP contribution in [0.15, 0.2) is 42.5 Å². The van der Waals surface area contributed by atoms with Gasteiger partial charge in [0, 0.05) is 12.6 Å². The first-order valence-electron chi connectivity index (χ1n) is 9.54. The van der Waals surface area contributed by atoms with E-state index in [9.17, 15) is 10.1 Å². The Labute approximate surface area is 164 Å². The molecule has 1 saturated carbocycles. The van der Waals surface area contributed by atoms with Crippen molar-refractivity contribution in [1.29, 1.82) is 5.26 Å². The molecule has 0 bridgehead atoms. The average molecular weight is 378 g/mol. The number of hydrogen-bond donors (Lipinski definition) is 0. The molecule has 1 fully saturated rings. The van der Waals surface area contributed by atoms with E-state index in [-0.39, 0.29) is 25.3 Å². The average Bonchev–Trinajstić information content (AvgIpc) is 3.41. The summed E-state index contributed by atoms with van der Waals surface area (Å²) in [4.78, 5) is 14.9. The van der Waals surface area contributed by atoms with Gasteiger partial charge in [-0.25, -0.2) is 0 Å². The molecule has 6 heteroatoms. The SMILES string of the molecule is N#Cc1ccccc1OCC(=O)N(Cc1ccc2c(c1)OCO2)C1CCCC1. The summed E-state index contributed by atoms with van der Waals surface area (Å²) >= 11 is 0. The van der Waals surface area contributed by atoms with Crippen LogP contribution in [0.5, 0.6) is 17.2 Å². The maximum absolute atomic E-state index is 13.0. The predicted molar refractivity (Wildman–Crippen MR) is 102 cm³/mol. The van der Waals surface area contributed by atoms with E-state index in [0.29, 0.717) is 17.9 Å². The predicted octanol–water partition coefficient (Wildman–Crippen LogP) is 3.64. The van der Waals surface area contributed by atoms with E-state index in [1.807, 2.05) is 23.1 Å². The van der Waals surface area contributed by atoms with Crippen LogP contribution in [-0.4, -0.2) is 30.2 Å². The van der Waals surface area contributed by atoms with E-state index in [2.05, 4.69) is 6.07 Å². The Morgan fingerprint density at radius 1 is 1.14 bits per heavy atom. The Hall–Kier alpha value is -3.20. The van der Waals surface area contributed by atoms with Crippen molar-refractivity contribution >= 4 is 5.91 Å². The number of carbonyl (C=O) groups excluding carboxylic acids is 1. The number of rotatable bonds is 6. The number of nitrogens with zero attached hydrogens (tertiary/aromatic N) is 2. The summed E-state index contributed by atoms with van der Waals surface area (Å²) in [5, 5.41) is 9.19. The molecule has 0 unspecified atom stereocenters. The van der Waals surface area contributed by atoms with Crippen molar-refractivity contribution < 1.29 is 19.0 Å². The molecule has 28 heavy (non-hydrogen) atoms. The molecule has 0 spiro atoms. The van der Waals surface area contributed by atoms with Gasteiger partial charge in [-0.1, -0.05) is 31.0 Å². The van der Waals surface area contributed by atoms with E-state index in [4.69, 9.17) is 14.2 Å². The maximum atomic E-state index is 13.0. The van der Waals surface area contributed by atoms with Crippen LogP contribution in [0.3, 0.4) is 0 Å². The van der Waals surface area contributed by atoms with Crippen molar-refractivity contribution in [2.24, 2.45) is 0 Å². The molecular weight excluding hydrogens is 356 g/mol. The molecule has 1 aliphatic heterocycles. The van der Waals surface area contributed by atoms with Crippen molar-refractivity contribution in [3.8, 4) is 23.3 Å². The lowest BCUT2D eigenvalue weighted by Crippen LogP contribution is -2.41. The maximum Gasteiger partial charge on any atom is 0.261 e. The second-order valence-electron chi connectivity index (χ2n) is 7.04. The molecule has 2 aromatic carbocycles. The molecule has 1 amide bonds. The highest BCUT2D eigenvalue weighted by atomic mass is 16.7. The molecule has 2 aliphatic rings. The third-order valence-corrected chi connectivity index (χ3v) is 5.23. The van der Waals surface area contributed by atoms with Crippen LogP contribution in [0.1, 0.15) is 36.8 Å². The topological polar surface area (TPSA) is 71.8 Å². The Morgan fingerprint density at radius 3 is 2.75 bits per heavy atom. The number of benzene rings is 2. The van der Waals surface area contributed by atoms with Gasteiger partial charge in [-0.05, 0) is 42.7 Å². The number of ether oxygens (including phenoxy) is 3. The van der Waals surface area contributed by atoms with Crippen LogP contribution in [0.25, 0.3) is 0 Å². The van der Waals surface area contributed by atoms with Crippen molar-refractivity contribution in [3.05, 3.63) is 53.6 Å². The van der Waals surface area contributed by atoms with Crippen LogP contribution in [0, 0.1) is 11.3 Å². The Bertz CT molecular complexity index is 900. The van der Waals surface area contributed by atoms with Crippen LogP contribution in [0.2, 0.25) is 0 Å². The van der Waals surface area contributed by atoms with E-state index in [1.54, 1.807) is 24.3 Å². The molecule has 0 atom stereocenters. The molecule has 4 rings (SSSR count). The summed E-state index contributed by atoms with van der Waals surface area (Å²) in [6.07, 6.45) is 4.28. The van der Waals surface area contributed by atoms with Gasteiger partial charge in [-0.15, -0.1) is 0 Å². The highest BCUT2D eigenvalue weighted by Crippen LogP contribution is 2.33. The van der Waals surface area contributed by atoms with Crippen molar-refractivity contribution in [2.75, 3.05) is 13.4 Å². The van der Waals surface area contributed by atoms with Gasteiger partial charge in [0.1, 0.15) is 11.8 Å². The zero-order chi connectivity index (χ0) is 19.3. The fraction of sp³-hybridized carbons (Fsp3) is 0.364. The van der Waals surface area contributed by atoms with Crippen LogP contribution in [0.4, 0.5) is 0 Å². The second kappa shape index (κ2) is 8.22. The van der Waals surface area contributed by atoms with E-state index < -0.39 is 0 Å². The minimum absolute atomic E-state index is 0.0719. The smallest absolute Gasteiger partial charge is 0.261 e. The van der Waals surface area contributed by atoms with Crippen LogP contribution in [-0.2, 0) is 11.3 Å². The molecule has 1 aliphatic carbocycles. The van der Waals surface area contributed by atoms with Crippen molar-refractivity contribution in [3.63, 3.8) is 0 Å². The number of hydrogen-bond acceptors (Lipinski definition) is 5. The van der Waals surface area contributed by atoms with Crippen molar-refractivity contribution in [1.82, 2.24) is 4.90 Å². The Balaban J connectivity index is 1.48. The lowest BCUT2D eigenvalue weighted by atomic mass is 10.1. The molecule has 6 nitrogen and oxygen atoms in total. The first-order chi connectivity index (χ1) is 13.7. The van der Waals surface area contributed by atoms with Gasteiger partial charge < -0.3 is 19.1 Å². The van der Waals surface area contributed by atoms with Gasteiger partial charge in [0.25, 0.3) is 5.91 Å². The fourth-order valence-electron chi connectivity index (χ4n) is 3.78. The molecule has 1 heterocycles. The molecule has 2 aromatic rings. The quantitative estimate of drug-likeness (QED) is 0.767. The number of para-hydroxylation sites is 1. The van der Waals surface area contributed by atoms with Gasteiger partial charge in [0.05, 0.1) is 5.56 Å². The number of nitriles is 1. The van der Waals surface area contributed by atoms with Crippen molar-refractivity contribution in [2.45, 2.75) is 38.3 Å². The van der Waals surface area contributed by atoms with Gasteiger partial charge in [-0.2, -0.15) is 5.26 Å². The number of fused-ring (bicyclic) bond motifs is 1. The standard InChI is InChI=1S/C22H22N2O4/c23-12-17-5-1-4-8-19(17)26-14-22(25)24(18-6-2-3-7-18)13-16-9-10-20-21(11-16)28-15-27-20/h1,4-5,8-11,18H,2-3,6-7,13-15H2. The lowest BCUT2D eigenvalue weighted by Gasteiger charge is -2.29. The normalized spacial score (nSPS) is 15.2. The summed E-state index contributed by atoms with van der Waals surface area (Å²) in [6.45, 7) is 0.652. The van der Waals surface area contributed by atoms with Gasteiger partial charge in [0.15, 0.2) is 18.1 Å². The summed E-state index contributed by atoms with van der Waals surface area (Å²) < 4.78 is 16.5. The molecule has 0 saturated heterocycles. The molecule has 0 radical (unpaired) electrons. The summed E-state index contributed by atoms with van der Waals surface area (Å²) in [5.41, 5.74) is 1.43. The van der Waals surface area contributed by atoms with E-state index in [0.717, 1.165) is 42.7 Å². The largest absolute Gasteiger partial charge is 0.482 e. The van der Waals surface area contributed by atoms with Gasteiger partial charge in [-0.3, -0.25) is 4.79 Å². The van der Waals surface area contributed by atoms with Crippen LogP contribution >= 0.6 is 0 Å². The lowest BCUT2D eigenvalue weighted by molar-refractivity contribution is -0.136. The molecule has 0 N–H and O–H groups in total. The summed E-state index contributed by atoms with van der Waals surface area (Å²) in [6, 6.07) is 15.1. The molecule has 144 valence electrons. The molecular formula is C22H22N2O4. The number of amides is 1. The van der Waals surface area contributed by atoms with Crippen LogP contribution < -0.4 is 14.2 Å². The highest BCUT2D eigenvalue weighted by Gasteiger charge is 2.27. The zero-order valence-corrected chi connectivity index (χ0v) is 15.6. The monoisotopic (exact) mass is 378 g/mol. The fourth-order valence-corrected chi connectivity index (χ4v) is 3.78. The summed E-state index contributed by atoms with van der Waals surface area (Å²) in [5.74, 6) is 1.82. The first-order valence-corrected chi connectivity index (χ1v) is 9.54. The van der Waals surface area contributed by atoms with E-state index in [1.165, 1.54) is 0 Å². The van der Waals surface area contributed by atoms with Gasteiger partial charge in [0.2, 0.25) is 6.79 Å². The highest BCUT2D eigenvalue weighted by molar-refractivity contribution is 5.78. The Morgan fingerprint density at radius 2 is 1.93 bits per heavy atom. The first kappa shape index (κ1) is 18.2. The minimum Gasteiger partial charge on any atom is -0.482 e. The van der Waals surface area contributed by atoms with E-state index >= 15 is 0 Å². The Kier molecular flexibility index (Phi) is 5.34. The third kappa shape index (κ3) is 3.89.